The van der Waals surface area contributed by atoms with Gasteiger partial charge in [-0.15, -0.1) is 9.36 Å². The molecule has 20 heavy (non-hydrogen) atoms. The molecule has 0 N–H and O–H groups in total. The van der Waals surface area contributed by atoms with Gasteiger partial charge >= 0.3 is 0 Å². The molecule has 0 atom stereocenters. The molecule has 0 saturated heterocycles. The minimum Gasteiger partial charge on any atom is -0.128 e. The van der Waals surface area contributed by atoms with E-state index in [1.807, 2.05) is 0 Å². The van der Waals surface area contributed by atoms with Crippen molar-refractivity contribution in [2.24, 2.45) is 7.05 Å². The third-order valence-electron chi connectivity index (χ3n) is 3.83. The Morgan fingerprint density at radius 1 is 0.800 bits per heavy atom. The molecule has 0 aliphatic heterocycles. The number of para-hydroxylation sites is 1. The van der Waals surface area contributed by atoms with Gasteiger partial charge in [-0.1, -0.05) is 36.4 Å². The molecule has 3 aromatic rings. The number of aromatic nitrogens is 2. The minimum absolute atomic E-state index is 1.22. The zero-order valence-electron chi connectivity index (χ0n) is 12.2. The summed E-state index contributed by atoms with van der Waals surface area (Å²) < 4.78 is 4.39. The third kappa shape index (κ3) is 2.03. The van der Waals surface area contributed by atoms with E-state index in [2.05, 4.69) is 91.1 Å². The predicted molar refractivity (Wildman–Crippen MR) is 81.9 cm³/mol. The normalized spacial score (nSPS) is 10.8. The Bertz CT molecular complexity index is 691. The monoisotopic (exact) mass is 263 g/mol. The van der Waals surface area contributed by atoms with Gasteiger partial charge in [-0.2, -0.15) is 0 Å². The Morgan fingerprint density at radius 3 is 2.15 bits per heavy atom. The fourth-order valence-corrected chi connectivity index (χ4v) is 2.65. The smallest absolute Gasteiger partial charge is 0.128 e. The van der Waals surface area contributed by atoms with E-state index in [1.165, 1.54) is 28.1 Å². The highest BCUT2D eigenvalue weighted by Crippen LogP contribution is 2.21. The minimum atomic E-state index is 1.22. The molecule has 2 heteroatoms. The van der Waals surface area contributed by atoms with Crippen LogP contribution in [0.4, 0.5) is 0 Å². The van der Waals surface area contributed by atoms with Gasteiger partial charge in [0.15, 0.2) is 7.05 Å². The maximum Gasteiger partial charge on any atom is 0.238 e. The number of benzene rings is 2. The molecule has 1 aromatic heterocycles. The zero-order valence-corrected chi connectivity index (χ0v) is 12.2. The Labute approximate surface area is 119 Å². The Morgan fingerprint density at radius 2 is 1.45 bits per heavy atom. The second kappa shape index (κ2) is 4.97. The van der Waals surface area contributed by atoms with Crippen molar-refractivity contribution in [3.8, 4) is 16.9 Å². The SMILES string of the molecule is Cc1ccccc1-c1ccn(-c2ccccc2C)[n+]1C. The molecule has 2 nitrogen and oxygen atoms in total. The number of aryl methyl sites for hydroxylation is 2. The molecule has 3 rings (SSSR count). The molecule has 0 bridgehead atoms. The summed E-state index contributed by atoms with van der Waals surface area (Å²) in [5.74, 6) is 0. The van der Waals surface area contributed by atoms with Gasteiger partial charge in [0.25, 0.3) is 0 Å². The second-order valence-electron chi connectivity index (χ2n) is 5.17. The molecule has 0 unspecified atom stereocenters. The van der Waals surface area contributed by atoms with Crippen molar-refractivity contribution in [1.29, 1.82) is 0 Å². The number of hydrogen-bond acceptors (Lipinski definition) is 0. The summed E-state index contributed by atoms with van der Waals surface area (Å²) in [5.41, 5.74) is 6.30. The molecule has 0 aliphatic rings. The van der Waals surface area contributed by atoms with Gasteiger partial charge in [-0.3, -0.25) is 0 Å². The first-order valence-electron chi connectivity index (χ1n) is 6.88. The molecule has 2 aromatic carbocycles. The summed E-state index contributed by atoms with van der Waals surface area (Å²) in [6.45, 7) is 4.29. The highest BCUT2D eigenvalue weighted by Gasteiger charge is 2.18. The molecule has 0 fully saturated rings. The van der Waals surface area contributed by atoms with Gasteiger partial charge in [-0.25, -0.2) is 0 Å². The summed E-state index contributed by atoms with van der Waals surface area (Å²) in [7, 11) is 2.11. The molecule has 0 aliphatic carbocycles. The van der Waals surface area contributed by atoms with Crippen LogP contribution in [0.3, 0.4) is 0 Å². The maximum atomic E-state index is 2.20. The van der Waals surface area contributed by atoms with Crippen molar-refractivity contribution in [3.05, 3.63) is 71.9 Å². The van der Waals surface area contributed by atoms with Crippen LogP contribution in [0.15, 0.2) is 60.8 Å². The lowest BCUT2D eigenvalue weighted by Crippen LogP contribution is -2.39. The van der Waals surface area contributed by atoms with Crippen molar-refractivity contribution in [2.75, 3.05) is 0 Å². The van der Waals surface area contributed by atoms with Gasteiger partial charge in [-0.05, 0) is 37.1 Å². The van der Waals surface area contributed by atoms with Crippen LogP contribution < -0.4 is 4.68 Å². The van der Waals surface area contributed by atoms with Crippen LogP contribution in [0.5, 0.6) is 0 Å². The van der Waals surface area contributed by atoms with Gasteiger partial charge in [0, 0.05) is 6.07 Å². The van der Waals surface area contributed by atoms with E-state index < -0.39 is 0 Å². The number of nitrogens with zero attached hydrogens (tertiary/aromatic N) is 2. The van der Waals surface area contributed by atoms with Crippen molar-refractivity contribution >= 4 is 0 Å². The first kappa shape index (κ1) is 12.7. The molecular weight excluding hydrogens is 244 g/mol. The average Bonchev–Trinajstić information content (AvgIpc) is 2.82. The molecule has 1 heterocycles. The van der Waals surface area contributed by atoms with Crippen molar-refractivity contribution in [1.82, 2.24) is 4.68 Å². The first-order chi connectivity index (χ1) is 9.68. The Hall–Kier alpha value is -2.35. The van der Waals surface area contributed by atoms with E-state index in [-0.39, 0.29) is 0 Å². The topological polar surface area (TPSA) is 8.81 Å². The third-order valence-corrected chi connectivity index (χ3v) is 3.83. The van der Waals surface area contributed by atoms with Gasteiger partial charge < -0.3 is 0 Å². The van der Waals surface area contributed by atoms with E-state index >= 15 is 0 Å². The summed E-state index contributed by atoms with van der Waals surface area (Å²) in [5, 5.41) is 0. The molecule has 0 radical (unpaired) electrons. The highest BCUT2D eigenvalue weighted by molar-refractivity contribution is 5.60. The van der Waals surface area contributed by atoms with E-state index in [4.69, 9.17) is 0 Å². The largest absolute Gasteiger partial charge is 0.238 e. The van der Waals surface area contributed by atoms with Crippen LogP contribution in [0, 0.1) is 13.8 Å². The quantitative estimate of drug-likeness (QED) is 0.625. The fraction of sp³-hybridized carbons (Fsp3) is 0.167. The van der Waals surface area contributed by atoms with Gasteiger partial charge in [0.05, 0.1) is 11.8 Å². The number of hydrogen-bond donors (Lipinski definition) is 0. The fourth-order valence-electron chi connectivity index (χ4n) is 2.65. The molecule has 0 amide bonds. The van der Waals surface area contributed by atoms with Crippen LogP contribution in [0.1, 0.15) is 11.1 Å². The van der Waals surface area contributed by atoms with E-state index in [0.29, 0.717) is 0 Å². The van der Waals surface area contributed by atoms with Crippen LogP contribution >= 0.6 is 0 Å². The van der Waals surface area contributed by atoms with Crippen LogP contribution in [0.25, 0.3) is 16.9 Å². The second-order valence-corrected chi connectivity index (χ2v) is 5.17. The zero-order chi connectivity index (χ0) is 14.1. The average molecular weight is 263 g/mol. The van der Waals surface area contributed by atoms with Gasteiger partial charge in [0.1, 0.15) is 5.69 Å². The summed E-state index contributed by atoms with van der Waals surface area (Å²) in [6, 6.07) is 19.1. The lowest BCUT2D eigenvalue weighted by atomic mass is 10.1. The van der Waals surface area contributed by atoms with E-state index in [0.717, 1.165) is 0 Å². The Balaban J connectivity index is 2.15. The summed E-state index contributed by atoms with van der Waals surface area (Å²) >= 11 is 0. The molecule has 0 spiro atoms. The Kier molecular flexibility index (Phi) is 3.15. The van der Waals surface area contributed by atoms with Crippen LogP contribution in [-0.4, -0.2) is 4.68 Å². The first-order valence-corrected chi connectivity index (χ1v) is 6.88. The maximum absolute atomic E-state index is 2.20. The predicted octanol–water partition coefficient (Wildman–Crippen LogP) is 3.59. The lowest BCUT2D eigenvalue weighted by molar-refractivity contribution is -0.734. The van der Waals surface area contributed by atoms with Crippen molar-refractivity contribution in [3.63, 3.8) is 0 Å². The van der Waals surface area contributed by atoms with Crippen LogP contribution in [-0.2, 0) is 7.05 Å². The van der Waals surface area contributed by atoms with Crippen molar-refractivity contribution in [2.45, 2.75) is 13.8 Å². The summed E-state index contributed by atoms with van der Waals surface area (Å²) in [6.07, 6.45) is 2.13. The van der Waals surface area contributed by atoms with E-state index in [1.54, 1.807) is 0 Å². The van der Waals surface area contributed by atoms with Crippen molar-refractivity contribution < 1.29 is 4.68 Å². The standard InChI is InChI=1S/C18H19N2/c1-14-8-4-6-10-16(14)18-12-13-20(19(18)3)17-11-7-5-9-15(17)2/h4-13H,1-3H3/q+1. The molecular formula is C18H19N2+. The summed E-state index contributed by atoms with van der Waals surface area (Å²) in [4.78, 5) is 0. The lowest BCUT2D eigenvalue weighted by Gasteiger charge is -2.05. The molecule has 0 saturated carbocycles. The van der Waals surface area contributed by atoms with Crippen LogP contribution in [0.2, 0.25) is 0 Å². The van der Waals surface area contributed by atoms with Gasteiger partial charge in [0.2, 0.25) is 5.69 Å². The molecule has 100 valence electrons. The number of rotatable bonds is 2. The van der Waals surface area contributed by atoms with E-state index in [9.17, 15) is 0 Å². The highest BCUT2D eigenvalue weighted by atomic mass is 15.4.